The smallest absolute Gasteiger partial charge is 0.272 e. The summed E-state index contributed by atoms with van der Waals surface area (Å²) in [5.41, 5.74) is 1.87. The van der Waals surface area contributed by atoms with Gasteiger partial charge in [-0.2, -0.15) is 0 Å². The van der Waals surface area contributed by atoms with Crippen molar-refractivity contribution < 1.29 is 9.53 Å². The molecule has 1 aromatic heterocycles. The van der Waals surface area contributed by atoms with Crippen molar-refractivity contribution in [3.63, 3.8) is 0 Å². The van der Waals surface area contributed by atoms with E-state index in [0.29, 0.717) is 28.3 Å². The first-order chi connectivity index (χ1) is 12.5. The standard InChI is InChI=1S/C19H23ClN4O2/c1-12-6-8-24(9-7-12)18(25)16-10-13(2)21-19(23-16)22-14-4-5-17(26-3)15(20)11-14/h4-5,10-12H,6-9H2,1-3H3,(H,21,22,23). The number of methoxy groups -OCH3 is 1. The number of amides is 1. The fourth-order valence-corrected chi connectivity index (χ4v) is 3.24. The molecule has 0 atom stereocenters. The third-order valence-electron chi connectivity index (χ3n) is 4.55. The maximum atomic E-state index is 12.8. The summed E-state index contributed by atoms with van der Waals surface area (Å²) in [7, 11) is 1.57. The van der Waals surface area contributed by atoms with Gasteiger partial charge in [0.1, 0.15) is 11.4 Å². The highest BCUT2D eigenvalue weighted by atomic mass is 35.5. The lowest BCUT2D eigenvalue weighted by Gasteiger charge is -2.30. The highest BCUT2D eigenvalue weighted by molar-refractivity contribution is 6.32. The summed E-state index contributed by atoms with van der Waals surface area (Å²) in [4.78, 5) is 23.4. The molecule has 26 heavy (non-hydrogen) atoms. The van der Waals surface area contributed by atoms with E-state index in [1.807, 2.05) is 17.9 Å². The number of hydrogen-bond acceptors (Lipinski definition) is 5. The molecule has 0 unspecified atom stereocenters. The van der Waals surface area contributed by atoms with Crippen molar-refractivity contribution in [3.8, 4) is 5.75 Å². The summed E-state index contributed by atoms with van der Waals surface area (Å²) in [6.45, 7) is 5.63. The SMILES string of the molecule is COc1ccc(Nc2nc(C)cc(C(=O)N3CCC(C)CC3)n2)cc1Cl. The van der Waals surface area contributed by atoms with E-state index in [1.165, 1.54) is 0 Å². The van der Waals surface area contributed by atoms with Crippen LogP contribution < -0.4 is 10.1 Å². The monoisotopic (exact) mass is 374 g/mol. The quantitative estimate of drug-likeness (QED) is 0.873. The van der Waals surface area contributed by atoms with E-state index in [4.69, 9.17) is 16.3 Å². The van der Waals surface area contributed by atoms with E-state index in [9.17, 15) is 4.79 Å². The Morgan fingerprint density at radius 2 is 2.00 bits per heavy atom. The molecule has 1 aliphatic rings. The van der Waals surface area contributed by atoms with Crippen LogP contribution in [-0.2, 0) is 0 Å². The fraction of sp³-hybridized carbons (Fsp3) is 0.421. The number of piperidine rings is 1. The minimum Gasteiger partial charge on any atom is -0.495 e. The zero-order chi connectivity index (χ0) is 18.7. The number of likely N-dealkylation sites (tertiary alicyclic amines) is 1. The molecule has 0 radical (unpaired) electrons. The van der Waals surface area contributed by atoms with Crippen molar-refractivity contribution in [2.45, 2.75) is 26.7 Å². The largest absolute Gasteiger partial charge is 0.495 e. The van der Waals surface area contributed by atoms with Crippen molar-refractivity contribution in [2.75, 3.05) is 25.5 Å². The minimum atomic E-state index is -0.0433. The zero-order valence-electron chi connectivity index (χ0n) is 15.3. The number of anilines is 2. The molecule has 1 aromatic carbocycles. The van der Waals surface area contributed by atoms with Gasteiger partial charge in [0, 0.05) is 24.5 Å². The lowest BCUT2D eigenvalue weighted by Crippen LogP contribution is -2.38. The van der Waals surface area contributed by atoms with Crippen LogP contribution in [0.4, 0.5) is 11.6 Å². The molecule has 0 aliphatic carbocycles. The lowest BCUT2D eigenvalue weighted by molar-refractivity contribution is 0.0691. The third kappa shape index (κ3) is 4.25. The van der Waals surface area contributed by atoms with Crippen LogP contribution in [0.25, 0.3) is 0 Å². The van der Waals surface area contributed by atoms with Crippen LogP contribution in [0.3, 0.4) is 0 Å². The summed E-state index contributed by atoms with van der Waals surface area (Å²) < 4.78 is 5.15. The first-order valence-electron chi connectivity index (χ1n) is 8.72. The van der Waals surface area contributed by atoms with Gasteiger partial charge >= 0.3 is 0 Å². The molecule has 0 bridgehead atoms. The van der Waals surface area contributed by atoms with Crippen LogP contribution in [0, 0.1) is 12.8 Å². The Hall–Kier alpha value is -2.34. The van der Waals surface area contributed by atoms with Gasteiger partial charge in [0.15, 0.2) is 0 Å². The van der Waals surface area contributed by atoms with Crippen molar-refractivity contribution in [3.05, 3.63) is 40.7 Å². The number of halogens is 1. The fourth-order valence-electron chi connectivity index (χ4n) is 2.98. The lowest BCUT2D eigenvalue weighted by atomic mass is 9.99. The number of nitrogens with one attached hydrogen (secondary N) is 1. The molecule has 0 spiro atoms. The van der Waals surface area contributed by atoms with E-state index in [0.717, 1.165) is 37.3 Å². The van der Waals surface area contributed by atoms with Gasteiger partial charge in [-0.25, -0.2) is 9.97 Å². The Kier molecular flexibility index (Phi) is 5.61. The molecule has 2 aromatic rings. The Labute approximate surface area is 158 Å². The number of aryl methyl sites for hydroxylation is 1. The van der Waals surface area contributed by atoms with Crippen molar-refractivity contribution in [1.29, 1.82) is 0 Å². The summed E-state index contributed by atoms with van der Waals surface area (Å²) in [6, 6.07) is 7.05. The number of benzene rings is 1. The van der Waals surface area contributed by atoms with Crippen LogP contribution in [0.1, 0.15) is 35.9 Å². The third-order valence-corrected chi connectivity index (χ3v) is 4.85. The molecule has 1 saturated heterocycles. The second-order valence-electron chi connectivity index (χ2n) is 6.67. The van der Waals surface area contributed by atoms with Crippen LogP contribution >= 0.6 is 11.6 Å². The Morgan fingerprint density at radius 1 is 1.27 bits per heavy atom. The molecule has 138 valence electrons. The molecule has 1 N–H and O–H groups in total. The Morgan fingerprint density at radius 3 is 2.65 bits per heavy atom. The summed E-state index contributed by atoms with van der Waals surface area (Å²) >= 11 is 6.16. The van der Waals surface area contributed by atoms with Crippen molar-refractivity contribution in [1.82, 2.24) is 14.9 Å². The molecule has 2 heterocycles. The van der Waals surface area contributed by atoms with Gasteiger partial charge < -0.3 is 15.0 Å². The summed E-state index contributed by atoms with van der Waals surface area (Å²) in [5.74, 6) is 1.60. The Bertz CT molecular complexity index is 804. The predicted molar refractivity (Wildman–Crippen MR) is 102 cm³/mol. The highest BCUT2D eigenvalue weighted by Crippen LogP contribution is 2.28. The molecular weight excluding hydrogens is 352 g/mol. The molecule has 7 heteroatoms. The topological polar surface area (TPSA) is 67.3 Å². The molecular formula is C19H23ClN4O2. The second-order valence-corrected chi connectivity index (χ2v) is 7.07. The first-order valence-corrected chi connectivity index (χ1v) is 9.09. The zero-order valence-corrected chi connectivity index (χ0v) is 16.0. The van der Waals surface area contributed by atoms with Crippen LogP contribution in [0.5, 0.6) is 5.75 Å². The van der Waals surface area contributed by atoms with Gasteiger partial charge in [0.25, 0.3) is 5.91 Å². The van der Waals surface area contributed by atoms with E-state index in [-0.39, 0.29) is 5.91 Å². The average molecular weight is 375 g/mol. The number of carbonyl (C=O) groups is 1. The number of hydrogen-bond donors (Lipinski definition) is 1. The number of rotatable bonds is 4. The molecule has 0 saturated carbocycles. The van der Waals surface area contributed by atoms with Crippen LogP contribution in [-0.4, -0.2) is 41.0 Å². The van der Waals surface area contributed by atoms with E-state index < -0.39 is 0 Å². The maximum absolute atomic E-state index is 12.8. The van der Waals surface area contributed by atoms with Crippen molar-refractivity contribution in [2.24, 2.45) is 5.92 Å². The molecule has 1 aliphatic heterocycles. The van der Waals surface area contributed by atoms with Gasteiger partial charge in [-0.15, -0.1) is 0 Å². The molecule has 3 rings (SSSR count). The summed E-state index contributed by atoms with van der Waals surface area (Å²) in [5, 5.41) is 3.60. The highest BCUT2D eigenvalue weighted by Gasteiger charge is 2.23. The number of carbonyl (C=O) groups excluding carboxylic acids is 1. The van der Waals surface area contributed by atoms with Gasteiger partial charge in [-0.1, -0.05) is 18.5 Å². The predicted octanol–water partition coefficient (Wildman–Crippen LogP) is 4.06. The van der Waals surface area contributed by atoms with Gasteiger partial charge in [-0.3, -0.25) is 4.79 Å². The van der Waals surface area contributed by atoms with E-state index in [1.54, 1.807) is 25.3 Å². The minimum absolute atomic E-state index is 0.0433. The van der Waals surface area contributed by atoms with Gasteiger partial charge in [0.05, 0.1) is 12.1 Å². The van der Waals surface area contributed by atoms with Gasteiger partial charge in [0.2, 0.25) is 5.95 Å². The summed E-state index contributed by atoms with van der Waals surface area (Å²) in [6.07, 6.45) is 2.07. The van der Waals surface area contributed by atoms with Gasteiger partial charge in [-0.05, 0) is 49.9 Å². The van der Waals surface area contributed by atoms with Crippen molar-refractivity contribution >= 4 is 29.1 Å². The van der Waals surface area contributed by atoms with E-state index >= 15 is 0 Å². The van der Waals surface area contributed by atoms with Crippen LogP contribution in [0.2, 0.25) is 5.02 Å². The Balaban J connectivity index is 1.79. The normalized spacial score (nSPS) is 15.0. The number of ether oxygens (including phenoxy) is 1. The second kappa shape index (κ2) is 7.91. The molecule has 6 nitrogen and oxygen atoms in total. The average Bonchev–Trinajstić information content (AvgIpc) is 2.61. The number of nitrogens with zero attached hydrogens (tertiary/aromatic N) is 3. The van der Waals surface area contributed by atoms with Crippen LogP contribution in [0.15, 0.2) is 24.3 Å². The molecule has 1 amide bonds. The van der Waals surface area contributed by atoms with E-state index in [2.05, 4.69) is 22.2 Å². The maximum Gasteiger partial charge on any atom is 0.272 e. The molecule has 1 fully saturated rings. The number of aromatic nitrogens is 2. The first kappa shape index (κ1) is 18.5.